The molecule has 130 valence electrons. The zero-order chi connectivity index (χ0) is 17.2. The quantitative estimate of drug-likeness (QED) is 0.838. The van der Waals surface area contributed by atoms with Gasteiger partial charge in [0.15, 0.2) is 0 Å². The number of nitrogens with zero attached hydrogens (tertiary/aromatic N) is 3. The number of fused-ring (bicyclic) bond motifs is 1. The fourth-order valence-electron chi connectivity index (χ4n) is 2.74. The van der Waals surface area contributed by atoms with Crippen LogP contribution in [0.3, 0.4) is 0 Å². The highest BCUT2D eigenvalue weighted by molar-refractivity contribution is 7.90. The third-order valence-corrected chi connectivity index (χ3v) is 4.81. The van der Waals surface area contributed by atoms with Crippen LogP contribution in [0.1, 0.15) is 23.3 Å². The number of rotatable bonds is 6. The molecule has 0 fully saturated rings. The molecule has 0 aromatic carbocycles. The van der Waals surface area contributed by atoms with Gasteiger partial charge in [-0.1, -0.05) is 6.08 Å². The van der Waals surface area contributed by atoms with Crippen molar-refractivity contribution in [2.45, 2.75) is 19.2 Å². The van der Waals surface area contributed by atoms with Crippen LogP contribution in [0.25, 0.3) is 6.08 Å². The Kier molecular flexibility index (Phi) is 4.88. The fourth-order valence-corrected chi connectivity index (χ4v) is 3.48. The Balaban J connectivity index is 1.61. The molecule has 7 nitrogen and oxygen atoms in total. The molecule has 8 heteroatoms. The van der Waals surface area contributed by atoms with Crippen molar-refractivity contribution in [2.24, 2.45) is 0 Å². The van der Waals surface area contributed by atoms with E-state index in [1.165, 1.54) is 0 Å². The highest BCUT2D eigenvalue weighted by Gasteiger charge is 2.22. The minimum atomic E-state index is -3.24. The summed E-state index contributed by atoms with van der Waals surface area (Å²) in [6.07, 6.45) is 5.66. The van der Waals surface area contributed by atoms with Crippen LogP contribution in [0, 0.1) is 0 Å². The number of hydrogen-bond donors (Lipinski definition) is 1. The van der Waals surface area contributed by atoms with Gasteiger partial charge >= 0.3 is 0 Å². The molecule has 0 amide bonds. The lowest BCUT2D eigenvalue weighted by atomic mass is 10.2. The van der Waals surface area contributed by atoms with E-state index in [9.17, 15) is 13.5 Å². The molecule has 2 aromatic heterocycles. The SMILES string of the molecule is CS(=O)(=O)C[C@H](O)c1cc2n(n1)CCN(C/C=C/c1ccco1)C2. The summed E-state index contributed by atoms with van der Waals surface area (Å²) >= 11 is 0. The molecular weight excluding hydrogens is 330 g/mol. The number of furan rings is 1. The van der Waals surface area contributed by atoms with Gasteiger partial charge in [0.05, 0.1) is 29.9 Å². The Morgan fingerprint density at radius 3 is 3.00 bits per heavy atom. The average Bonchev–Trinajstić information content (AvgIpc) is 3.13. The van der Waals surface area contributed by atoms with E-state index in [2.05, 4.69) is 10.00 Å². The van der Waals surface area contributed by atoms with Crippen molar-refractivity contribution in [3.05, 3.63) is 47.7 Å². The minimum absolute atomic E-state index is 0.306. The van der Waals surface area contributed by atoms with Gasteiger partial charge in [-0.25, -0.2) is 8.42 Å². The molecule has 2 aromatic rings. The molecule has 0 aliphatic carbocycles. The summed E-state index contributed by atoms with van der Waals surface area (Å²) in [4.78, 5) is 2.25. The molecule has 0 saturated heterocycles. The summed E-state index contributed by atoms with van der Waals surface area (Å²) in [5, 5.41) is 14.4. The first kappa shape index (κ1) is 16.9. The van der Waals surface area contributed by atoms with Gasteiger partial charge in [-0.2, -0.15) is 5.10 Å². The Morgan fingerprint density at radius 2 is 2.29 bits per heavy atom. The fraction of sp³-hybridized carbons (Fsp3) is 0.438. The zero-order valence-corrected chi connectivity index (χ0v) is 14.3. The van der Waals surface area contributed by atoms with Gasteiger partial charge in [-0.05, 0) is 24.3 Å². The first-order chi connectivity index (χ1) is 11.4. The Bertz CT molecular complexity index is 809. The van der Waals surface area contributed by atoms with Crippen LogP contribution in [0.2, 0.25) is 0 Å². The molecular formula is C16H21N3O4S. The van der Waals surface area contributed by atoms with Crippen LogP contribution in [0.5, 0.6) is 0 Å². The summed E-state index contributed by atoms with van der Waals surface area (Å²) in [6.45, 7) is 3.06. The standard InChI is InChI=1S/C16H21N3O4S/c1-24(21,22)12-16(20)15-10-13-11-18(7-8-19(13)17-15)6-2-4-14-5-3-9-23-14/h2-5,9-10,16,20H,6-8,11-12H2,1H3/b4-2+/t16-/m0/s1. The van der Waals surface area contributed by atoms with Gasteiger partial charge in [0.1, 0.15) is 21.7 Å². The van der Waals surface area contributed by atoms with Crippen molar-refractivity contribution < 1.29 is 17.9 Å². The molecule has 3 rings (SSSR count). The van der Waals surface area contributed by atoms with Crippen molar-refractivity contribution in [3.8, 4) is 0 Å². The van der Waals surface area contributed by atoms with Gasteiger partial charge in [0.2, 0.25) is 0 Å². The summed E-state index contributed by atoms with van der Waals surface area (Å²) in [6, 6.07) is 5.54. The Labute approximate surface area is 141 Å². The summed E-state index contributed by atoms with van der Waals surface area (Å²) in [5.74, 6) is 0.516. The van der Waals surface area contributed by atoms with Crippen molar-refractivity contribution in [1.82, 2.24) is 14.7 Å². The van der Waals surface area contributed by atoms with Gasteiger partial charge < -0.3 is 9.52 Å². The lowest BCUT2D eigenvalue weighted by molar-refractivity contribution is 0.194. The van der Waals surface area contributed by atoms with E-state index in [0.29, 0.717) is 12.2 Å². The van der Waals surface area contributed by atoms with E-state index in [1.807, 2.05) is 29.0 Å². The number of hydrogen-bond acceptors (Lipinski definition) is 6. The third kappa shape index (κ3) is 4.34. The third-order valence-electron chi connectivity index (χ3n) is 3.89. The maximum absolute atomic E-state index is 11.3. The summed E-state index contributed by atoms with van der Waals surface area (Å²) in [5.41, 5.74) is 1.40. The van der Waals surface area contributed by atoms with E-state index < -0.39 is 15.9 Å². The number of aliphatic hydroxyl groups excluding tert-OH is 1. The molecule has 0 bridgehead atoms. The smallest absolute Gasteiger partial charge is 0.150 e. The Hall–Kier alpha value is -1.90. The molecule has 24 heavy (non-hydrogen) atoms. The van der Waals surface area contributed by atoms with Gasteiger partial charge in [0.25, 0.3) is 0 Å². The normalized spacial score (nSPS) is 17.2. The highest BCUT2D eigenvalue weighted by atomic mass is 32.2. The summed E-state index contributed by atoms with van der Waals surface area (Å²) in [7, 11) is -3.24. The van der Waals surface area contributed by atoms with Crippen molar-refractivity contribution in [3.63, 3.8) is 0 Å². The molecule has 0 saturated carbocycles. The maximum atomic E-state index is 11.3. The van der Waals surface area contributed by atoms with Crippen molar-refractivity contribution in [2.75, 3.05) is 25.1 Å². The van der Waals surface area contributed by atoms with Crippen LogP contribution in [-0.2, 0) is 22.9 Å². The van der Waals surface area contributed by atoms with Crippen molar-refractivity contribution in [1.29, 1.82) is 0 Å². The molecule has 1 atom stereocenters. The molecule has 0 unspecified atom stereocenters. The summed E-state index contributed by atoms with van der Waals surface area (Å²) < 4.78 is 29.7. The van der Waals surface area contributed by atoms with Crippen molar-refractivity contribution >= 4 is 15.9 Å². The molecule has 1 N–H and O–H groups in total. The molecule has 1 aliphatic rings. The number of sulfone groups is 1. The average molecular weight is 351 g/mol. The van der Waals surface area contributed by atoms with Crippen LogP contribution >= 0.6 is 0 Å². The number of aromatic nitrogens is 2. The number of aliphatic hydroxyl groups is 1. The first-order valence-corrected chi connectivity index (χ1v) is 9.81. The topological polar surface area (TPSA) is 88.6 Å². The van der Waals surface area contributed by atoms with Gasteiger partial charge in [-0.15, -0.1) is 0 Å². The second-order valence-electron chi connectivity index (χ2n) is 6.04. The van der Waals surface area contributed by atoms with Crippen LogP contribution in [-0.4, -0.2) is 53.3 Å². The molecule has 0 radical (unpaired) electrons. The van der Waals surface area contributed by atoms with E-state index in [4.69, 9.17) is 4.42 Å². The van der Waals surface area contributed by atoms with Gasteiger partial charge in [-0.3, -0.25) is 9.58 Å². The van der Waals surface area contributed by atoms with E-state index in [-0.39, 0.29) is 5.75 Å². The first-order valence-electron chi connectivity index (χ1n) is 7.75. The van der Waals surface area contributed by atoms with Gasteiger partial charge in [0, 0.05) is 25.9 Å². The van der Waals surface area contributed by atoms with Crippen LogP contribution in [0.15, 0.2) is 35.0 Å². The minimum Gasteiger partial charge on any atom is -0.465 e. The molecule has 1 aliphatic heterocycles. The highest BCUT2D eigenvalue weighted by Crippen LogP contribution is 2.19. The second kappa shape index (κ2) is 6.92. The predicted molar refractivity (Wildman–Crippen MR) is 89.9 cm³/mol. The lowest BCUT2D eigenvalue weighted by Crippen LogP contribution is -2.33. The monoisotopic (exact) mass is 351 g/mol. The maximum Gasteiger partial charge on any atom is 0.150 e. The molecule has 3 heterocycles. The predicted octanol–water partition coefficient (Wildman–Crippen LogP) is 1.08. The lowest BCUT2D eigenvalue weighted by Gasteiger charge is -2.26. The van der Waals surface area contributed by atoms with E-state index >= 15 is 0 Å². The van der Waals surface area contributed by atoms with E-state index in [1.54, 1.807) is 12.3 Å². The zero-order valence-electron chi connectivity index (χ0n) is 13.5. The second-order valence-corrected chi connectivity index (χ2v) is 8.23. The molecule has 0 spiro atoms. The Morgan fingerprint density at radius 1 is 1.46 bits per heavy atom. The van der Waals surface area contributed by atoms with Crippen LogP contribution < -0.4 is 0 Å². The van der Waals surface area contributed by atoms with E-state index in [0.717, 1.165) is 37.3 Å². The largest absolute Gasteiger partial charge is 0.465 e. The van der Waals surface area contributed by atoms with Crippen LogP contribution in [0.4, 0.5) is 0 Å².